The van der Waals surface area contributed by atoms with E-state index in [1.54, 1.807) is 7.11 Å². The van der Waals surface area contributed by atoms with E-state index < -0.39 is 5.60 Å². The summed E-state index contributed by atoms with van der Waals surface area (Å²) < 4.78 is 5.23. The molecule has 1 fully saturated rings. The summed E-state index contributed by atoms with van der Waals surface area (Å²) >= 11 is 0. The van der Waals surface area contributed by atoms with Crippen LogP contribution in [-0.2, 0) is 5.60 Å². The molecule has 1 saturated heterocycles. The Kier molecular flexibility index (Phi) is 3.17. The van der Waals surface area contributed by atoms with E-state index in [2.05, 4.69) is 17.4 Å². The molecule has 0 spiro atoms. The van der Waals surface area contributed by atoms with E-state index in [-0.39, 0.29) is 0 Å². The first-order valence-corrected chi connectivity index (χ1v) is 6.73. The van der Waals surface area contributed by atoms with E-state index in [1.807, 2.05) is 24.3 Å². The Morgan fingerprint density at radius 2 is 1.74 bits per heavy atom. The Labute approximate surface area is 113 Å². The Morgan fingerprint density at radius 3 is 2.47 bits per heavy atom. The number of ether oxygens (including phenoxy) is 1. The largest absolute Gasteiger partial charge is 0.497 e. The van der Waals surface area contributed by atoms with Crippen molar-refractivity contribution in [2.75, 3.05) is 20.2 Å². The minimum Gasteiger partial charge on any atom is -0.497 e. The molecule has 1 aliphatic heterocycles. The number of fused-ring (bicyclic) bond motifs is 1. The molecule has 1 aliphatic rings. The minimum atomic E-state index is -0.681. The molecule has 0 atom stereocenters. The number of piperidine rings is 1. The average molecular weight is 257 g/mol. The monoisotopic (exact) mass is 257 g/mol. The normalized spacial score (nSPS) is 18.4. The maximum atomic E-state index is 10.7. The van der Waals surface area contributed by atoms with Crippen LogP contribution in [0, 0.1) is 0 Å². The molecule has 0 aliphatic carbocycles. The number of methoxy groups -OCH3 is 1. The highest BCUT2D eigenvalue weighted by Crippen LogP contribution is 2.33. The lowest BCUT2D eigenvalue weighted by Crippen LogP contribution is -2.39. The summed E-state index contributed by atoms with van der Waals surface area (Å²) in [7, 11) is 1.67. The molecule has 2 aromatic carbocycles. The third-order valence-corrected chi connectivity index (χ3v) is 4.02. The number of aliphatic hydroxyl groups is 1. The van der Waals surface area contributed by atoms with Gasteiger partial charge in [0.1, 0.15) is 5.75 Å². The summed E-state index contributed by atoms with van der Waals surface area (Å²) in [5.74, 6) is 0.862. The van der Waals surface area contributed by atoms with Crippen molar-refractivity contribution in [2.24, 2.45) is 0 Å². The van der Waals surface area contributed by atoms with Gasteiger partial charge in [-0.1, -0.05) is 18.2 Å². The predicted molar refractivity (Wildman–Crippen MR) is 76.5 cm³/mol. The summed E-state index contributed by atoms with van der Waals surface area (Å²) in [4.78, 5) is 0. The fraction of sp³-hybridized carbons (Fsp3) is 0.375. The zero-order valence-corrected chi connectivity index (χ0v) is 11.1. The molecule has 3 rings (SSSR count). The van der Waals surface area contributed by atoms with Crippen molar-refractivity contribution in [1.82, 2.24) is 5.32 Å². The number of nitrogens with one attached hydrogen (secondary N) is 1. The van der Waals surface area contributed by atoms with Crippen LogP contribution in [0.4, 0.5) is 0 Å². The summed E-state index contributed by atoms with van der Waals surface area (Å²) in [5.41, 5.74) is 0.339. The Bertz CT molecular complexity index is 588. The Hall–Kier alpha value is -1.58. The van der Waals surface area contributed by atoms with Crippen molar-refractivity contribution >= 4 is 10.8 Å². The molecular formula is C16H19NO2. The van der Waals surface area contributed by atoms with Gasteiger partial charge in [-0.3, -0.25) is 0 Å². The van der Waals surface area contributed by atoms with E-state index in [4.69, 9.17) is 4.74 Å². The van der Waals surface area contributed by atoms with Gasteiger partial charge in [-0.25, -0.2) is 0 Å². The van der Waals surface area contributed by atoms with Gasteiger partial charge in [0.25, 0.3) is 0 Å². The van der Waals surface area contributed by atoms with Gasteiger partial charge in [0.2, 0.25) is 0 Å². The summed E-state index contributed by atoms with van der Waals surface area (Å²) in [5, 5.41) is 16.3. The predicted octanol–water partition coefficient (Wildman–Crippen LogP) is 2.42. The third kappa shape index (κ3) is 2.31. The molecule has 100 valence electrons. The van der Waals surface area contributed by atoms with E-state index in [0.717, 1.165) is 48.0 Å². The van der Waals surface area contributed by atoms with E-state index in [0.29, 0.717) is 0 Å². The van der Waals surface area contributed by atoms with Gasteiger partial charge in [-0.2, -0.15) is 0 Å². The van der Waals surface area contributed by atoms with Crippen LogP contribution < -0.4 is 10.1 Å². The number of hydrogen-bond acceptors (Lipinski definition) is 3. The quantitative estimate of drug-likeness (QED) is 0.868. The van der Waals surface area contributed by atoms with Crippen LogP contribution in [0.15, 0.2) is 36.4 Å². The lowest BCUT2D eigenvalue weighted by Gasteiger charge is -2.33. The average Bonchev–Trinajstić information content (AvgIpc) is 2.47. The SMILES string of the molecule is COc1ccc2cc(C3(O)CCNCC3)ccc2c1. The Morgan fingerprint density at radius 1 is 1.05 bits per heavy atom. The van der Waals surface area contributed by atoms with Gasteiger partial charge in [0.05, 0.1) is 12.7 Å². The van der Waals surface area contributed by atoms with E-state index in [9.17, 15) is 5.11 Å². The second kappa shape index (κ2) is 4.83. The van der Waals surface area contributed by atoms with Gasteiger partial charge < -0.3 is 15.2 Å². The molecule has 0 aromatic heterocycles. The number of benzene rings is 2. The Balaban J connectivity index is 2.01. The van der Waals surface area contributed by atoms with Crippen LogP contribution in [0.2, 0.25) is 0 Å². The van der Waals surface area contributed by atoms with Crippen molar-refractivity contribution in [2.45, 2.75) is 18.4 Å². The van der Waals surface area contributed by atoms with Gasteiger partial charge in [-0.05, 0) is 60.5 Å². The van der Waals surface area contributed by atoms with Crippen LogP contribution in [-0.4, -0.2) is 25.3 Å². The maximum Gasteiger partial charge on any atom is 0.119 e. The van der Waals surface area contributed by atoms with Crippen LogP contribution in [0.25, 0.3) is 10.8 Å². The molecule has 2 N–H and O–H groups in total. The van der Waals surface area contributed by atoms with Crippen LogP contribution in [0.3, 0.4) is 0 Å². The summed E-state index contributed by atoms with van der Waals surface area (Å²) in [6.45, 7) is 1.74. The van der Waals surface area contributed by atoms with Crippen molar-refractivity contribution in [3.63, 3.8) is 0 Å². The van der Waals surface area contributed by atoms with E-state index in [1.165, 1.54) is 0 Å². The topological polar surface area (TPSA) is 41.5 Å². The zero-order valence-electron chi connectivity index (χ0n) is 11.1. The van der Waals surface area contributed by atoms with Gasteiger partial charge in [0.15, 0.2) is 0 Å². The molecule has 1 heterocycles. The molecule has 0 saturated carbocycles. The van der Waals surface area contributed by atoms with Crippen LogP contribution >= 0.6 is 0 Å². The first kappa shape index (κ1) is 12.5. The molecular weight excluding hydrogens is 238 g/mol. The first-order chi connectivity index (χ1) is 9.21. The van der Waals surface area contributed by atoms with Crippen molar-refractivity contribution < 1.29 is 9.84 Å². The summed E-state index contributed by atoms with van der Waals surface area (Å²) in [6, 6.07) is 12.2. The molecule has 0 bridgehead atoms. The highest BCUT2D eigenvalue weighted by molar-refractivity contribution is 5.84. The molecule has 19 heavy (non-hydrogen) atoms. The molecule has 0 unspecified atom stereocenters. The number of rotatable bonds is 2. The third-order valence-electron chi connectivity index (χ3n) is 4.02. The fourth-order valence-corrected chi connectivity index (χ4v) is 2.77. The highest BCUT2D eigenvalue weighted by Gasteiger charge is 2.30. The van der Waals surface area contributed by atoms with Crippen molar-refractivity contribution in [1.29, 1.82) is 0 Å². The van der Waals surface area contributed by atoms with Crippen LogP contribution in [0.5, 0.6) is 5.75 Å². The zero-order chi connectivity index (χ0) is 13.3. The second-order valence-corrected chi connectivity index (χ2v) is 5.21. The molecule has 2 aromatic rings. The van der Waals surface area contributed by atoms with Gasteiger partial charge in [0, 0.05) is 0 Å². The summed E-state index contributed by atoms with van der Waals surface area (Å²) in [6.07, 6.45) is 1.54. The lowest BCUT2D eigenvalue weighted by molar-refractivity contribution is 0.00606. The molecule has 3 heteroatoms. The van der Waals surface area contributed by atoms with Crippen molar-refractivity contribution in [3.05, 3.63) is 42.0 Å². The first-order valence-electron chi connectivity index (χ1n) is 6.73. The van der Waals surface area contributed by atoms with E-state index >= 15 is 0 Å². The number of hydrogen-bond donors (Lipinski definition) is 2. The van der Waals surface area contributed by atoms with Crippen LogP contribution in [0.1, 0.15) is 18.4 Å². The lowest BCUT2D eigenvalue weighted by atomic mass is 9.84. The second-order valence-electron chi connectivity index (χ2n) is 5.21. The smallest absolute Gasteiger partial charge is 0.119 e. The molecule has 0 radical (unpaired) electrons. The molecule has 3 nitrogen and oxygen atoms in total. The fourth-order valence-electron chi connectivity index (χ4n) is 2.77. The van der Waals surface area contributed by atoms with Gasteiger partial charge in [-0.15, -0.1) is 0 Å². The maximum absolute atomic E-state index is 10.7. The standard InChI is InChI=1S/C16H19NO2/c1-19-15-5-3-12-10-14(4-2-13(12)11-15)16(18)6-8-17-9-7-16/h2-5,10-11,17-18H,6-9H2,1H3. The van der Waals surface area contributed by atoms with Crippen molar-refractivity contribution in [3.8, 4) is 5.75 Å². The molecule has 0 amide bonds. The van der Waals surface area contributed by atoms with Gasteiger partial charge >= 0.3 is 0 Å². The highest BCUT2D eigenvalue weighted by atomic mass is 16.5. The minimum absolute atomic E-state index is 0.681.